The number of carbonyl (C=O) groups excluding carboxylic acids is 1. The number of halogens is 1. The molecule has 0 bridgehead atoms. The number of carbonyl (C=O) groups is 1. The Kier molecular flexibility index (Phi) is 7.93. The maximum Gasteiger partial charge on any atom is 0.240 e. The Bertz CT molecular complexity index is 454. The molecule has 1 amide bonds. The van der Waals surface area contributed by atoms with Crippen LogP contribution in [0.15, 0.2) is 28.7 Å². The molecule has 4 nitrogen and oxygen atoms in total. The number of nitrogens with zero attached hydrogens (tertiary/aromatic N) is 1. The van der Waals surface area contributed by atoms with Crippen LogP contribution in [-0.2, 0) is 9.53 Å². The normalized spacial score (nSPS) is 13.8. The van der Waals surface area contributed by atoms with Crippen molar-refractivity contribution >= 4 is 21.8 Å². The molecule has 0 aliphatic heterocycles. The lowest BCUT2D eigenvalue weighted by atomic mass is 10.0. The van der Waals surface area contributed by atoms with Crippen LogP contribution < -0.4 is 5.73 Å². The molecule has 1 aromatic carbocycles. The molecule has 1 aromatic rings. The van der Waals surface area contributed by atoms with Gasteiger partial charge in [-0.25, -0.2) is 0 Å². The molecule has 0 aliphatic carbocycles. The van der Waals surface area contributed by atoms with Gasteiger partial charge in [-0.05, 0) is 31.4 Å². The van der Waals surface area contributed by atoms with Crippen molar-refractivity contribution < 1.29 is 9.53 Å². The van der Waals surface area contributed by atoms with E-state index in [4.69, 9.17) is 10.5 Å². The topological polar surface area (TPSA) is 55.6 Å². The van der Waals surface area contributed by atoms with Crippen molar-refractivity contribution in [3.63, 3.8) is 0 Å². The summed E-state index contributed by atoms with van der Waals surface area (Å²) in [6.45, 7) is 5.29. The lowest BCUT2D eigenvalue weighted by Crippen LogP contribution is -2.45. The number of rotatable bonds is 8. The lowest BCUT2D eigenvalue weighted by Gasteiger charge is -2.32. The molecule has 0 fully saturated rings. The summed E-state index contributed by atoms with van der Waals surface area (Å²) in [4.78, 5) is 14.5. The Morgan fingerprint density at radius 3 is 2.67 bits per heavy atom. The zero-order valence-corrected chi connectivity index (χ0v) is 14.6. The van der Waals surface area contributed by atoms with Gasteiger partial charge in [0.1, 0.15) is 0 Å². The summed E-state index contributed by atoms with van der Waals surface area (Å²) in [5.41, 5.74) is 7.10. The summed E-state index contributed by atoms with van der Waals surface area (Å²) >= 11 is 3.56. The minimum atomic E-state index is -0.513. The molecule has 1 rings (SSSR count). The van der Waals surface area contributed by atoms with Crippen LogP contribution in [0, 0.1) is 0 Å². The summed E-state index contributed by atoms with van der Waals surface area (Å²) in [7, 11) is 1.62. The second-order valence-electron chi connectivity index (χ2n) is 5.12. The number of nitrogens with two attached hydrogens (primary N) is 1. The molecule has 0 heterocycles. The molecule has 0 saturated heterocycles. The Hall–Kier alpha value is -0.910. The maximum atomic E-state index is 12.6. The van der Waals surface area contributed by atoms with Gasteiger partial charge < -0.3 is 15.4 Å². The zero-order valence-electron chi connectivity index (χ0n) is 13.0. The van der Waals surface area contributed by atoms with Crippen LogP contribution in [0.2, 0.25) is 0 Å². The van der Waals surface area contributed by atoms with Crippen molar-refractivity contribution in [2.45, 2.75) is 38.8 Å². The van der Waals surface area contributed by atoms with Gasteiger partial charge in [0.15, 0.2) is 0 Å². The molecule has 0 aromatic heterocycles. The zero-order chi connectivity index (χ0) is 15.8. The van der Waals surface area contributed by atoms with Crippen molar-refractivity contribution in [1.82, 2.24) is 4.90 Å². The van der Waals surface area contributed by atoms with Crippen molar-refractivity contribution in [2.75, 3.05) is 20.3 Å². The Labute approximate surface area is 135 Å². The van der Waals surface area contributed by atoms with E-state index in [0.29, 0.717) is 19.6 Å². The van der Waals surface area contributed by atoms with E-state index in [1.807, 2.05) is 36.1 Å². The standard InChI is InChI=1S/C16H25BrN2O2/c1-4-10-19(16(20)15(18)9-11-21-3)12(2)13-7-5-6-8-14(13)17/h5-8,12,15H,4,9-11,18H2,1-3H3. The third kappa shape index (κ3) is 5.09. The Balaban J connectivity index is 2.90. The minimum absolute atomic E-state index is 0.0124. The second-order valence-corrected chi connectivity index (χ2v) is 5.97. The van der Waals surface area contributed by atoms with E-state index in [0.717, 1.165) is 16.5 Å². The highest BCUT2D eigenvalue weighted by Crippen LogP contribution is 2.28. The van der Waals surface area contributed by atoms with E-state index >= 15 is 0 Å². The molecule has 0 radical (unpaired) electrons. The van der Waals surface area contributed by atoms with Crippen molar-refractivity contribution in [3.8, 4) is 0 Å². The van der Waals surface area contributed by atoms with E-state index < -0.39 is 6.04 Å². The predicted octanol–water partition coefficient (Wildman–Crippen LogP) is 3.11. The number of hydrogen-bond donors (Lipinski definition) is 1. The highest BCUT2D eigenvalue weighted by atomic mass is 79.9. The van der Waals surface area contributed by atoms with E-state index in [2.05, 4.69) is 22.9 Å². The summed E-state index contributed by atoms with van der Waals surface area (Å²) in [6.07, 6.45) is 1.44. The van der Waals surface area contributed by atoms with Gasteiger partial charge in [-0.3, -0.25) is 4.79 Å². The van der Waals surface area contributed by atoms with Crippen molar-refractivity contribution in [3.05, 3.63) is 34.3 Å². The fourth-order valence-corrected chi connectivity index (χ4v) is 2.91. The van der Waals surface area contributed by atoms with E-state index in [1.54, 1.807) is 7.11 Å². The molecule has 0 saturated carbocycles. The third-order valence-electron chi connectivity index (χ3n) is 3.52. The van der Waals surface area contributed by atoms with E-state index in [-0.39, 0.29) is 11.9 Å². The van der Waals surface area contributed by atoms with E-state index in [1.165, 1.54) is 0 Å². The van der Waals surface area contributed by atoms with Crippen LogP contribution in [0.25, 0.3) is 0 Å². The first-order chi connectivity index (χ1) is 10.0. The maximum absolute atomic E-state index is 12.6. The van der Waals surface area contributed by atoms with Crippen LogP contribution in [-0.4, -0.2) is 37.1 Å². The molecular formula is C16H25BrN2O2. The van der Waals surface area contributed by atoms with Crippen LogP contribution in [0.1, 0.15) is 38.3 Å². The number of amides is 1. The Morgan fingerprint density at radius 2 is 2.10 bits per heavy atom. The molecule has 0 aliphatic rings. The van der Waals surface area contributed by atoms with Crippen LogP contribution >= 0.6 is 15.9 Å². The van der Waals surface area contributed by atoms with E-state index in [9.17, 15) is 4.79 Å². The van der Waals surface area contributed by atoms with Crippen LogP contribution in [0.5, 0.6) is 0 Å². The molecule has 118 valence electrons. The summed E-state index contributed by atoms with van der Waals surface area (Å²) in [5.74, 6) is -0.0165. The summed E-state index contributed by atoms with van der Waals surface area (Å²) in [5, 5.41) is 0. The van der Waals surface area contributed by atoms with Gasteiger partial charge in [-0.1, -0.05) is 41.1 Å². The van der Waals surface area contributed by atoms with Crippen LogP contribution in [0.4, 0.5) is 0 Å². The first-order valence-electron chi connectivity index (χ1n) is 7.32. The number of benzene rings is 1. The van der Waals surface area contributed by atoms with Gasteiger partial charge in [0.05, 0.1) is 12.1 Å². The molecule has 21 heavy (non-hydrogen) atoms. The van der Waals surface area contributed by atoms with Gasteiger partial charge >= 0.3 is 0 Å². The SMILES string of the molecule is CCCN(C(=O)C(N)CCOC)C(C)c1ccccc1Br. The average molecular weight is 357 g/mol. The highest BCUT2D eigenvalue weighted by Gasteiger charge is 2.26. The average Bonchev–Trinajstić information content (AvgIpc) is 2.49. The van der Waals surface area contributed by atoms with Crippen molar-refractivity contribution in [1.29, 1.82) is 0 Å². The first-order valence-corrected chi connectivity index (χ1v) is 8.11. The largest absolute Gasteiger partial charge is 0.385 e. The third-order valence-corrected chi connectivity index (χ3v) is 4.24. The Morgan fingerprint density at radius 1 is 1.43 bits per heavy atom. The highest BCUT2D eigenvalue weighted by molar-refractivity contribution is 9.10. The molecule has 2 atom stereocenters. The van der Waals surface area contributed by atoms with Gasteiger partial charge in [0, 0.05) is 24.7 Å². The fourth-order valence-electron chi connectivity index (χ4n) is 2.30. The minimum Gasteiger partial charge on any atom is -0.385 e. The molecule has 2 unspecified atom stereocenters. The lowest BCUT2D eigenvalue weighted by molar-refractivity contribution is -0.135. The number of methoxy groups -OCH3 is 1. The van der Waals surface area contributed by atoms with Gasteiger partial charge in [-0.15, -0.1) is 0 Å². The molecular weight excluding hydrogens is 332 g/mol. The molecule has 5 heteroatoms. The quantitative estimate of drug-likeness (QED) is 0.778. The van der Waals surface area contributed by atoms with Crippen molar-refractivity contribution in [2.24, 2.45) is 5.73 Å². The molecule has 0 spiro atoms. The number of hydrogen-bond acceptors (Lipinski definition) is 3. The predicted molar refractivity (Wildman–Crippen MR) is 89.0 cm³/mol. The van der Waals surface area contributed by atoms with Gasteiger partial charge in [-0.2, -0.15) is 0 Å². The first kappa shape index (κ1) is 18.1. The van der Waals surface area contributed by atoms with Gasteiger partial charge in [0.2, 0.25) is 5.91 Å². The monoisotopic (exact) mass is 356 g/mol. The smallest absolute Gasteiger partial charge is 0.240 e. The fraction of sp³-hybridized carbons (Fsp3) is 0.562. The number of ether oxygens (including phenoxy) is 1. The second kappa shape index (κ2) is 9.18. The summed E-state index contributed by atoms with van der Waals surface area (Å²) in [6, 6.07) is 7.45. The summed E-state index contributed by atoms with van der Waals surface area (Å²) < 4.78 is 6.02. The molecule has 2 N–H and O–H groups in total. The van der Waals surface area contributed by atoms with Crippen LogP contribution in [0.3, 0.4) is 0 Å². The van der Waals surface area contributed by atoms with Gasteiger partial charge in [0.25, 0.3) is 0 Å².